The Morgan fingerprint density at radius 2 is 2.15 bits per heavy atom. The van der Waals surface area contributed by atoms with E-state index < -0.39 is 6.10 Å². The number of carbonyl (C=O) groups excluding carboxylic acids is 1. The predicted molar refractivity (Wildman–Crippen MR) is 79.8 cm³/mol. The van der Waals surface area contributed by atoms with Gasteiger partial charge >= 0.3 is 0 Å². The smallest absolute Gasteiger partial charge is 0.239 e. The Morgan fingerprint density at radius 3 is 2.80 bits per heavy atom. The first kappa shape index (κ1) is 16.5. The number of ether oxygens (including phenoxy) is 1. The van der Waals surface area contributed by atoms with Crippen LogP contribution in [-0.2, 0) is 9.53 Å². The van der Waals surface area contributed by atoms with Gasteiger partial charge in [-0.1, -0.05) is 25.1 Å². The van der Waals surface area contributed by atoms with Crippen molar-refractivity contribution in [2.24, 2.45) is 0 Å². The number of aliphatic hydroxyl groups is 1. The van der Waals surface area contributed by atoms with Crippen LogP contribution in [0.15, 0.2) is 24.3 Å². The number of hydrogen-bond acceptors (Lipinski definition) is 4. The van der Waals surface area contributed by atoms with Crippen LogP contribution in [0, 0.1) is 0 Å². The van der Waals surface area contributed by atoms with Gasteiger partial charge in [-0.05, 0) is 12.5 Å². The van der Waals surface area contributed by atoms with E-state index in [1.807, 2.05) is 43.1 Å². The second-order valence-corrected chi connectivity index (χ2v) is 4.68. The number of aliphatic hydroxyl groups excluding tert-OH is 1. The summed E-state index contributed by atoms with van der Waals surface area (Å²) in [5, 5.41) is 12.8. The van der Waals surface area contributed by atoms with E-state index in [9.17, 15) is 9.90 Å². The molecule has 5 nitrogen and oxygen atoms in total. The summed E-state index contributed by atoms with van der Waals surface area (Å²) in [5.74, 6) is -0.0645. The van der Waals surface area contributed by atoms with Crippen LogP contribution in [0.1, 0.15) is 25.0 Å². The first-order chi connectivity index (χ1) is 9.60. The Kier molecular flexibility index (Phi) is 7.04. The fourth-order valence-corrected chi connectivity index (χ4v) is 1.99. The van der Waals surface area contributed by atoms with Gasteiger partial charge in [0.05, 0.1) is 19.3 Å². The van der Waals surface area contributed by atoms with Crippen molar-refractivity contribution >= 4 is 11.6 Å². The summed E-state index contributed by atoms with van der Waals surface area (Å²) >= 11 is 0. The number of likely N-dealkylation sites (N-methyl/N-ethyl adjacent to an activating group) is 1. The zero-order valence-corrected chi connectivity index (χ0v) is 12.4. The van der Waals surface area contributed by atoms with E-state index in [0.717, 1.165) is 11.3 Å². The average Bonchev–Trinajstić information content (AvgIpc) is 2.46. The van der Waals surface area contributed by atoms with E-state index in [1.165, 1.54) is 0 Å². The van der Waals surface area contributed by atoms with Crippen molar-refractivity contribution in [2.75, 3.05) is 38.8 Å². The highest BCUT2D eigenvalue weighted by Crippen LogP contribution is 2.27. The molecule has 0 fully saturated rings. The third-order valence-corrected chi connectivity index (χ3v) is 3.10. The zero-order valence-electron chi connectivity index (χ0n) is 12.4. The number of methoxy groups -OCH3 is 1. The monoisotopic (exact) mass is 280 g/mol. The number of nitrogens with zero attached hydrogens (tertiary/aromatic N) is 1. The number of para-hydroxylation sites is 1. The van der Waals surface area contributed by atoms with Crippen molar-refractivity contribution in [1.29, 1.82) is 0 Å². The molecule has 1 aromatic rings. The minimum Gasteiger partial charge on any atom is -0.388 e. The van der Waals surface area contributed by atoms with Crippen LogP contribution >= 0.6 is 0 Å². The van der Waals surface area contributed by atoms with Crippen LogP contribution in [0.25, 0.3) is 0 Å². The Morgan fingerprint density at radius 1 is 1.45 bits per heavy atom. The fourth-order valence-electron chi connectivity index (χ4n) is 1.99. The molecule has 0 aliphatic rings. The summed E-state index contributed by atoms with van der Waals surface area (Å²) in [4.78, 5) is 13.6. The van der Waals surface area contributed by atoms with Crippen LogP contribution in [0.4, 0.5) is 5.69 Å². The first-order valence-electron chi connectivity index (χ1n) is 6.83. The highest BCUT2D eigenvalue weighted by Gasteiger charge is 2.14. The molecule has 0 bridgehead atoms. The molecule has 0 saturated heterocycles. The van der Waals surface area contributed by atoms with E-state index in [2.05, 4.69) is 5.32 Å². The number of carbonyl (C=O) groups is 1. The molecule has 0 aliphatic heterocycles. The van der Waals surface area contributed by atoms with Crippen molar-refractivity contribution in [3.05, 3.63) is 29.8 Å². The van der Waals surface area contributed by atoms with Gasteiger partial charge in [0.25, 0.3) is 0 Å². The maximum Gasteiger partial charge on any atom is 0.239 e. The Balaban J connectivity index is 2.67. The normalized spacial score (nSPS) is 12.0. The molecular weight excluding hydrogens is 256 g/mol. The average molecular weight is 280 g/mol. The SMILES string of the molecule is CC[C@@H](O)c1ccccc1N(C)CC(=O)NCCOC. The van der Waals surface area contributed by atoms with E-state index in [0.29, 0.717) is 19.6 Å². The number of rotatable bonds is 8. The van der Waals surface area contributed by atoms with E-state index in [-0.39, 0.29) is 12.5 Å². The third kappa shape index (κ3) is 4.83. The lowest BCUT2D eigenvalue weighted by Crippen LogP contribution is -2.37. The molecule has 0 spiro atoms. The second-order valence-electron chi connectivity index (χ2n) is 4.68. The van der Waals surface area contributed by atoms with Gasteiger partial charge in [-0.3, -0.25) is 4.79 Å². The van der Waals surface area contributed by atoms with Gasteiger partial charge in [-0.25, -0.2) is 0 Å². The van der Waals surface area contributed by atoms with Crippen LogP contribution in [0.5, 0.6) is 0 Å². The second kappa shape index (κ2) is 8.55. The molecule has 0 aliphatic carbocycles. The molecule has 0 unspecified atom stereocenters. The molecule has 0 saturated carbocycles. The molecule has 1 amide bonds. The summed E-state index contributed by atoms with van der Waals surface area (Å²) in [6, 6.07) is 7.60. The number of anilines is 1. The third-order valence-electron chi connectivity index (χ3n) is 3.10. The zero-order chi connectivity index (χ0) is 15.0. The number of benzene rings is 1. The predicted octanol–water partition coefficient (Wildman–Crippen LogP) is 1.33. The Hall–Kier alpha value is -1.59. The molecule has 0 aromatic heterocycles. The summed E-state index contributed by atoms with van der Waals surface area (Å²) in [6.45, 7) is 3.18. The van der Waals surface area contributed by atoms with Crippen LogP contribution in [0.2, 0.25) is 0 Å². The highest BCUT2D eigenvalue weighted by atomic mass is 16.5. The lowest BCUT2D eigenvalue weighted by atomic mass is 10.0. The van der Waals surface area contributed by atoms with E-state index >= 15 is 0 Å². The fraction of sp³-hybridized carbons (Fsp3) is 0.533. The topological polar surface area (TPSA) is 61.8 Å². The molecule has 1 aromatic carbocycles. The molecule has 5 heteroatoms. The van der Waals surface area contributed by atoms with Gasteiger partial charge in [0, 0.05) is 32.0 Å². The number of nitrogens with one attached hydrogen (secondary N) is 1. The molecule has 0 radical (unpaired) electrons. The maximum atomic E-state index is 11.8. The van der Waals surface area contributed by atoms with Crippen molar-refractivity contribution in [1.82, 2.24) is 5.32 Å². The first-order valence-corrected chi connectivity index (χ1v) is 6.83. The highest BCUT2D eigenvalue weighted by molar-refractivity contribution is 5.81. The summed E-state index contributed by atoms with van der Waals surface area (Å²) in [7, 11) is 3.44. The number of amides is 1. The summed E-state index contributed by atoms with van der Waals surface area (Å²) in [6.07, 6.45) is 0.135. The minimum absolute atomic E-state index is 0.0645. The lowest BCUT2D eigenvalue weighted by molar-refractivity contribution is -0.119. The maximum absolute atomic E-state index is 11.8. The molecule has 1 atom stereocenters. The van der Waals surface area contributed by atoms with Gasteiger partial charge in [-0.15, -0.1) is 0 Å². The van der Waals surface area contributed by atoms with E-state index in [1.54, 1.807) is 7.11 Å². The lowest BCUT2D eigenvalue weighted by Gasteiger charge is -2.23. The Labute approximate surface area is 120 Å². The molecule has 20 heavy (non-hydrogen) atoms. The molecule has 112 valence electrons. The van der Waals surface area contributed by atoms with Gasteiger partial charge in [-0.2, -0.15) is 0 Å². The van der Waals surface area contributed by atoms with Crippen molar-refractivity contribution in [3.8, 4) is 0 Å². The molecular formula is C15H24N2O3. The summed E-state index contributed by atoms with van der Waals surface area (Å²) in [5.41, 5.74) is 1.73. The minimum atomic E-state index is -0.509. The quantitative estimate of drug-likeness (QED) is 0.705. The van der Waals surface area contributed by atoms with Gasteiger partial charge in [0.15, 0.2) is 0 Å². The van der Waals surface area contributed by atoms with Crippen molar-refractivity contribution < 1.29 is 14.6 Å². The van der Waals surface area contributed by atoms with Crippen molar-refractivity contribution in [2.45, 2.75) is 19.4 Å². The summed E-state index contributed by atoms with van der Waals surface area (Å²) < 4.78 is 4.89. The van der Waals surface area contributed by atoms with Crippen molar-refractivity contribution in [3.63, 3.8) is 0 Å². The largest absolute Gasteiger partial charge is 0.388 e. The van der Waals surface area contributed by atoms with Crippen LogP contribution in [0.3, 0.4) is 0 Å². The van der Waals surface area contributed by atoms with Crippen LogP contribution in [-0.4, -0.2) is 44.9 Å². The van der Waals surface area contributed by atoms with Crippen LogP contribution < -0.4 is 10.2 Å². The van der Waals surface area contributed by atoms with Gasteiger partial charge in [0.2, 0.25) is 5.91 Å². The van der Waals surface area contributed by atoms with E-state index in [4.69, 9.17) is 4.74 Å². The molecule has 0 heterocycles. The van der Waals surface area contributed by atoms with Gasteiger partial charge in [0.1, 0.15) is 0 Å². The molecule has 1 rings (SSSR count). The standard InChI is InChI=1S/C15H24N2O3/c1-4-14(18)12-7-5-6-8-13(12)17(2)11-15(19)16-9-10-20-3/h5-8,14,18H,4,9-11H2,1-3H3,(H,16,19)/t14-/m1/s1. The van der Waals surface area contributed by atoms with Gasteiger partial charge < -0.3 is 20.1 Å². The number of hydrogen-bond donors (Lipinski definition) is 2. The Bertz CT molecular complexity index is 423. The molecule has 2 N–H and O–H groups in total.